The van der Waals surface area contributed by atoms with Gasteiger partial charge in [-0.25, -0.2) is 4.99 Å². The van der Waals surface area contributed by atoms with Crippen LogP contribution in [0.4, 0.5) is 0 Å². The zero-order chi connectivity index (χ0) is 17.4. The lowest BCUT2D eigenvalue weighted by atomic mass is 10.0. The fourth-order valence-corrected chi connectivity index (χ4v) is 2.48. The summed E-state index contributed by atoms with van der Waals surface area (Å²) in [6.07, 6.45) is 2.33. The van der Waals surface area contributed by atoms with Crippen LogP contribution in [0.3, 0.4) is 0 Å². The van der Waals surface area contributed by atoms with Crippen molar-refractivity contribution in [2.24, 2.45) is 4.99 Å². The Morgan fingerprint density at radius 1 is 1.25 bits per heavy atom. The first kappa shape index (κ1) is 18.4. The Bertz CT molecular complexity index is 654. The van der Waals surface area contributed by atoms with Crippen molar-refractivity contribution in [1.29, 1.82) is 0 Å². The van der Waals surface area contributed by atoms with Gasteiger partial charge < -0.3 is 20.2 Å². The highest BCUT2D eigenvalue weighted by Gasteiger charge is 2.26. The number of furan rings is 1. The molecule has 0 aliphatic carbocycles. The SMILES string of the molecule is CCNC(=NCC(C)(O)c1ccco1)NCCc1ccccc1Cl. The van der Waals surface area contributed by atoms with Crippen LogP contribution in [0.25, 0.3) is 0 Å². The number of halogens is 1. The van der Waals surface area contributed by atoms with Crippen molar-refractivity contribution in [3.63, 3.8) is 0 Å². The zero-order valence-electron chi connectivity index (χ0n) is 14.1. The van der Waals surface area contributed by atoms with Gasteiger partial charge in [0.1, 0.15) is 11.4 Å². The summed E-state index contributed by atoms with van der Waals surface area (Å²) in [7, 11) is 0. The number of aliphatic hydroxyl groups is 1. The van der Waals surface area contributed by atoms with Crippen LogP contribution in [-0.2, 0) is 12.0 Å². The second kappa shape index (κ2) is 8.76. The Balaban J connectivity index is 1.92. The highest BCUT2D eigenvalue weighted by molar-refractivity contribution is 6.31. The van der Waals surface area contributed by atoms with Crippen molar-refractivity contribution in [3.8, 4) is 0 Å². The van der Waals surface area contributed by atoms with E-state index in [4.69, 9.17) is 16.0 Å². The minimum atomic E-state index is -1.14. The predicted molar refractivity (Wildman–Crippen MR) is 97.4 cm³/mol. The average molecular weight is 350 g/mol. The van der Waals surface area contributed by atoms with Crippen molar-refractivity contribution < 1.29 is 9.52 Å². The standard InChI is InChI=1S/C18H24ClN3O2/c1-3-20-17(21-11-10-14-7-4-5-8-15(14)19)22-13-18(2,23)16-9-6-12-24-16/h4-9,12,23H,3,10-11,13H2,1-2H3,(H2,20,21,22). The van der Waals surface area contributed by atoms with Gasteiger partial charge in [-0.15, -0.1) is 0 Å². The molecular formula is C18H24ClN3O2. The molecular weight excluding hydrogens is 326 g/mol. The number of nitrogens with one attached hydrogen (secondary N) is 2. The molecule has 0 bridgehead atoms. The van der Waals surface area contributed by atoms with Gasteiger partial charge in [-0.2, -0.15) is 0 Å². The molecule has 1 atom stereocenters. The van der Waals surface area contributed by atoms with Gasteiger partial charge in [0.2, 0.25) is 0 Å². The largest absolute Gasteiger partial charge is 0.466 e. The molecule has 3 N–H and O–H groups in total. The Kier molecular flexibility index (Phi) is 6.70. The summed E-state index contributed by atoms with van der Waals surface area (Å²) in [5.41, 5.74) is -0.0562. The molecule has 1 unspecified atom stereocenters. The van der Waals surface area contributed by atoms with Crippen molar-refractivity contribution in [2.75, 3.05) is 19.6 Å². The normalized spacial score (nSPS) is 14.2. The Morgan fingerprint density at radius 3 is 2.71 bits per heavy atom. The second-order valence-electron chi connectivity index (χ2n) is 5.71. The molecule has 0 saturated carbocycles. The third-order valence-corrected chi connectivity index (χ3v) is 3.95. The van der Waals surface area contributed by atoms with Crippen LogP contribution in [0.5, 0.6) is 0 Å². The molecule has 0 saturated heterocycles. The number of guanidine groups is 1. The molecule has 0 amide bonds. The molecule has 5 nitrogen and oxygen atoms in total. The lowest BCUT2D eigenvalue weighted by Crippen LogP contribution is -2.39. The maximum absolute atomic E-state index is 10.5. The first-order valence-electron chi connectivity index (χ1n) is 8.05. The first-order chi connectivity index (χ1) is 11.5. The number of rotatable bonds is 7. The third-order valence-electron chi connectivity index (χ3n) is 3.59. The van der Waals surface area contributed by atoms with Gasteiger partial charge in [0.25, 0.3) is 0 Å². The molecule has 1 heterocycles. The summed E-state index contributed by atoms with van der Waals surface area (Å²) in [5.74, 6) is 1.15. The van der Waals surface area contributed by atoms with Gasteiger partial charge in [-0.05, 0) is 44.0 Å². The first-order valence-corrected chi connectivity index (χ1v) is 8.42. The lowest BCUT2D eigenvalue weighted by molar-refractivity contribution is 0.0437. The molecule has 0 aliphatic heterocycles. The number of benzene rings is 1. The van der Waals surface area contributed by atoms with Crippen molar-refractivity contribution in [2.45, 2.75) is 25.9 Å². The topological polar surface area (TPSA) is 69.8 Å². The van der Waals surface area contributed by atoms with E-state index in [0.717, 1.165) is 23.6 Å². The highest BCUT2D eigenvalue weighted by atomic mass is 35.5. The van der Waals surface area contributed by atoms with Crippen LogP contribution in [0, 0.1) is 0 Å². The molecule has 0 fully saturated rings. The van der Waals surface area contributed by atoms with Crippen LogP contribution in [0.15, 0.2) is 52.1 Å². The maximum Gasteiger partial charge on any atom is 0.191 e. The molecule has 0 aliphatic rings. The molecule has 0 spiro atoms. The summed E-state index contributed by atoms with van der Waals surface area (Å²) in [6, 6.07) is 11.3. The molecule has 2 aromatic rings. The summed E-state index contributed by atoms with van der Waals surface area (Å²) in [5, 5.41) is 17.6. The fraction of sp³-hybridized carbons (Fsp3) is 0.389. The van der Waals surface area contributed by atoms with Gasteiger partial charge >= 0.3 is 0 Å². The van der Waals surface area contributed by atoms with Gasteiger partial charge in [0.15, 0.2) is 5.96 Å². The summed E-state index contributed by atoms with van der Waals surface area (Å²) < 4.78 is 5.27. The maximum atomic E-state index is 10.5. The molecule has 130 valence electrons. The van der Waals surface area contributed by atoms with Crippen molar-refractivity contribution in [1.82, 2.24) is 10.6 Å². The van der Waals surface area contributed by atoms with E-state index < -0.39 is 5.60 Å². The van der Waals surface area contributed by atoms with E-state index in [-0.39, 0.29) is 6.54 Å². The monoisotopic (exact) mass is 349 g/mol. The summed E-state index contributed by atoms with van der Waals surface area (Å²) in [4.78, 5) is 4.45. The van der Waals surface area contributed by atoms with Gasteiger partial charge in [-0.3, -0.25) is 0 Å². The van der Waals surface area contributed by atoms with E-state index in [0.29, 0.717) is 18.3 Å². The van der Waals surface area contributed by atoms with Crippen LogP contribution in [0.2, 0.25) is 5.02 Å². The third kappa shape index (κ3) is 5.28. The minimum absolute atomic E-state index is 0.196. The Labute approximate surface area is 147 Å². The molecule has 1 aromatic heterocycles. The van der Waals surface area contributed by atoms with E-state index in [9.17, 15) is 5.11 Å². The zero-order valence-corrected chi connectivity index (χ0v) is 14.8. The highest BCUT2D eigenvalue weighted by Crippen LogP contribution is 2.21. The van der Waals surface area contributed by atoms with E-state index in [1.165, 1.54) is 0 Å². The van der Waals surface area contributed by atoms with Crippen LogP contribution in [-0.4, -0.2) is 30.7 Å². The van der Waals surface area contributed by atoms with Crippen LogP contribution < -0.4 is 10.6 Å². The van der Waals surface area contributed by atoms with E-state index in [1.807, 2.05) is 31.2 Å². The van der Waals surface area contributed by atoms with Gasteiger partial charge in [0, 0.05) is 18.1 Å². The number of nitrogens with zero attached hydrogens (tertiary/aromatic N) is 1. The van der Waals surface area contributed by atoms with Crippen molar-refractivity contribution >= 4 is 17.6 Å². The Morgan fingerprint density at radius 2 is 2.04 bits per heavy atom. The van der Waals surface area contributed by atoms with E-state index in [1.54, 1.807) is 25.3 Å². The minimum Gasteiger partial charge on any atom is -0.466 e. The Hall–Kier alpha value is -1.98. The molecule has 1 aromatic carbocycles. The number of hydrogen-bond acceptors (Lipinski definition) is 3. The summed E-state index contributed by atoms with van der Waals surface area (Å²) >= 11 is 6.16. The van der Waals surface area contributed by atoms with Gasteiger partial charge in [0.05, 0.1) is 12.8 Å². The van der Waals surface area contributed by atoms with Crippen LogP contribution in [0.1, 0.15) is 25.2 Å². The summed E-state index contributed by atoms with van der Waals surface area (Å²) in [6.45, 7) is 5.31. The lowest BCUT2D eigenvalue weighted by Gasteiger charge is -2.19. The fourth-order valence-electron chi connectivity index (χ4n) is 2.25. The van der Waals surface area contributed by atoms with E-state index >= 15 is 0 Å². The average Bonchev–Trinajstić information content (AvgIpc) is 3.10. The van der Waals surface area contributed by atoms with Gasteiger partial charge in [-0.1, -0.05) is 29.8 Å². The predicted octanol–water partition coefficient (Wildman–Crippen LogP) is 2.94. The molecule has 24 heavy (non-hydrogen) atoms. The molecule has 0 radical (unpaired) electrons. The number of aliphatic imine (C=N–C) groups is 1. The molecule has 6 heteroatoms. The smallest absolute Gasteiger partial charge is 0.191 e. The van der Waals surface area contributed by atoms with Crippen LogP contribution >= 0.6 is 11.6 Å². The number of hydrogen-bond donors (Lipinski definition) is 3. The second-order valence-corrected chi connectivity index (χ2v) is 6.12. The van der Waals surface area contributed by atoms with Crippen molar-refractivity contribution in [3.05, 3.63) is 59.0 Å². The quantitative estimate of drug-likeness (QED) is 0.531. The van der Waals surface area contributed by atoms with E-state index in [2.05, 4.69) is 15.6 Å². The molecule has 2 rings (SSSR count).